The number of nitrogens with two attached hydrogens (primary N) is 1. The molecule has 0 saturated carbocycles. The Hall–Kier alpha value is -1.22. The third kappa shape index (κ3) is 4.37. The lowest BCUT2D eigenvalue weighted by Crippen LogP contribution is -2.44. The molecule has 7 nitrogen and oxygen atoms in total. The van der Waals surface area contributed by atoms with Crippen LogP contribution in [0, 0.1) is 0 Å². The molecular formula is C13H23N5O2S. The molecule has 1 aliphatic heterocycles. The Labute approximate surface area is 125 Å². The van der Waals surface area contributed by atoms with Crippen molar-refractivity contribution in [2.45, 2.75) is 37.1 Å². The molecule has 1 aromatic rings. The number of anilines is 1. The van der Waals surface area contributed by atoms with Gasteiger partial charge < -0.3 is 5.43 Å². The normalized spacial score (nSPS) is 18.4. The molecule has 1 saturated heterocycles. The van der Waals surface area contributed by atoms with Gasteiger partial charge in [-0.25, -0.2) is 24.0 Å². The van der Waals surface area contributed by atoms with Crippen molar-refractivity contribution in [2.75, 3.05) is 25.1 Å². The molecule has 2 rings (SSSR count). The number of piperidine rings is 1. The first kappa shape index (κ1) is 16.2. The number of rotatable bonds is 6. The number of likely N-dealkylation sites (tertiary alicyclic amines) is 1. The van der Waals surface area contributed by atoms with Crippen molar-refractivity contribution in [3.63, 3.8) is 0 Å². The molecule has 0 bridgehead atoms. The molecule has 0 radical (unpaired) electrons. The largest absolute Gasteiger partial charge is 0.308 e. The van der Waals surface area contributed by atoms with Crippen LogP contribution in [-0.4, -0.2) is 44.0 Å². The van der Waals surface area contributed by atoms with E-state index in [2.05, 4.69) is 20.0 Å². The first-order chi connectivity index (χ1) is 10.0. The van der Waals surface area contributed by atoms with Crippen molar-refractivity contribution in [1.82, 2.24) is 14.6 Å². The smallest absolute Gasteiger partial charge is 0.240 e. The Bertz CT molecular complexity index is 557. The summed E-state index contributed by atoms with van der Waals surface area (Å²) in [5, 5.41) is 0. The molecule has 0 amide bonds. The zero-order chi connectivity index (χ0) is 15.3. The molecule has 118 valence electrons. The minimum absolute atomic E-state index is 0.163. The maximum atomic E-state index is 12.3. The predicted molar refractivity (Wildman–Crippen MR) is 82.1 cm³/mol. The molecule has 1 atom stereocenters. The van der Waals surface area contributed by atoms with E-state index in [4.69, 9.17) is 5.84 Å². The van der Waals surface area contributed by atoms with E-state index in [-0.39, 0.29) is 10.9 Å². The maximum absolute atomic E-state index is 12.3. The average molecular weight is 313 g/mol. The van der Waals surface area contributed by atoms with Crippen molar-refractivity contribution in [1.29, 1.82) is 0 Å². The van der Waals surface area contributed by atoms with Crippen LogP contribution in [0.2, 0.25) is 0 Å². The number of hydrogen-bond donors (Lipinski definition) is 3. The van der Waals surface area contributed by atoms with Gasteiger partial charge in [0.15, 0.2) is 0 Å². The molecule has 1 aromatic heterocycles. The fourth-order valence-electron chi connectivity index (χ4n) is 2.46. The summed E-state index contributed by atoms with van der Waals surface area (Å²) in [6.45, 7) is 4.53. The summed E-state index contributed by atoms with van der Waals surface area (Å²) in [6, 6.07) is 3.05. The molecule has 0 aromatic carbocycles. The molecule has 1 aliphatic rings. The summed E-state index contributed by atoms with van der Waals surface area (Å²) in [7, 11) is -3.54. The molecule has 2 heterocycles. The van der Waals surface area contributed by atoms with E-state index in [9.17, 15) is 8.42 Å². The number of pyridine rings is 1. The average Bonchev–Trinajstić information content (AvgIpc) is 2.53. The predicted octanol–water partition coefficient (Wildman–Crippen LogP) is 0.520. The molecule has 1 unspecified atom stereocenters. The van der Waals surface area contributed by atoms with Gasteiger partial charge in [0, 0.05) is 24.8 Å². The van der Waals surface area contributed by atoms with Crippen molar-refractivity contribution >= 4 is 15.8 Å². The van der Waals surface area contributed by atoms with E-state index in [1.807, 2.05) is 6.92 Å². The highest BCUT2D eigenvalue weighted by Gasteiger charge is 2.20. The van der Waals surface area contributed by atoms with Gasteiger partial charge in [-0.05, 0) is 38.9 Å². The van der Waals surface area contributed by atoms with Gasteiger partial charge >= 0.3 is 0 Å². The minimum atomic E-state index is -3.54. The van der Waals surface area contributed by atoms with Crippen LogP contribution >= 0.6 is 0 Å². The highest BCUT2D eigenvalue weighted by Crippen LogP contribution is 2.14. The first-order valence-corrected chi connectivity index (χ1v) is 8.67. The van der Waals surface area contributed by atoms with Crippen LogP contribution in [0.1, 0.15) is 26.2 Å². The Morgan fingerprint density at radius 1 is 1.38 bits per heavy atom. The highest BCUT2D eigenvalue weighted by molar-refractivity contribution is 7.89. The van der Waals surface area contributed by atoms with Gasteiger partial charge in [-0.3, -0.25) is 4.90 Å². The van der Waals surface area contributed by atoms with Crippen LogP contribution in [0.15, 0.2) is 23.2 Å². The van der Waals surface area contributed by atoms with Gasteiger partial charge in [-0.2, -0.15) is 0 Å². The molecule has 0 spiro atoms. The second-order valence-electron chi connectivity index (χ2n) is 5.32. The summed E-state index contributed by atoms with van der Waals surface area (Å²) in [6.07, 6.45) is 5.05. The molecule has 1 fully saturated rings. The van der Waals surface area contributed by atoms with Gasteiger partial charge in [0.2, 0.25) is 10.0 Å². The molecule has 0 aliphatic carbocycles. The Kier molecular flexibility index (Phi) is 5.51. The van der Waals surface area contributed by atoms with Crippen LogP contribution in [0.3, 0.4) is 0 Å². The third-order valence-electron chi connectivity index (χ3n) is 3.77. The number of nitrogens with zero attached hydrogens (tertiary/aromatic N) is 2. The quantitative estimate of drug-likeness (QED) is 0.523. The van der Waals surface area contributed by atoms with Crippen molar-refractivity contribution in [2.24, 2.45) is 5.84 Å². The lowest BCUT2D eigenvalue weighted by Gasteiger charge is -2.32. The number of nitrogens with one attached hydrogen (secondary N) is 2. The highest BCUT2D eigenvalue weighted by atomic mass is 32.2. The van der Waals surface area contributed by atoms with E-state index in [0.717, 1.165) is 13.1 Å². The van der Waals surface area contributed by atoms with Gasteiger partial charge in [0.25, 0.3) is 0 Å². The van der Waals surface area contributed by atoms with E-state index in [1.165, 1.54) is 37.6 Å². The number of hydrazine groups is 1. The van der Waals surface area contributed by atoms with Crippen LogP contribution in [0.5, 0.6) is 0 Å². The van der Waals surface area contributed by atoms with Gasteiger partial charge in [-0.1, -0.05) is 6.42 Å². The number of nitrogen functional groups attached to an aromatic ring is 1. The molecular weight excluding hydrogens is 290 g/mol. The van der Waals surface area contributed by atoms with E-state index in [1.54, 1.807) is 0 Å². The first-order valence-electron chi connectivity index (χ1n) is 7.19. The lowest BCUT2D eigenvalue weighted by molar-refractivity contribution is 0.175. The second kappa shape index (κ2) is 7.17. The SMILES string of the molecule is CC(CNS(=O)(=O)c1ccnc(NN)c1)N1CCCCC1. The number of aromatic nitrogens is 1. The lowest BCUT2D eigenvalue weighted by atomic mass is 10.1. The summed E-state index contributed by atoms with van der Waals surface area (Å²) in [5.41, 5.74) is 2.34. The van der Waals surface area contributed by atoms with Crippen LogP contribution in [-0.2, 0) is 10.0 Å². The summed E-state index contributed by atoms with van der Waals surface area (Å²) >= 11 is 0. The number of hydrogen-bond acceptors (Lipinski definition) is 6. The van der Waals surface area contributed by atoms with E-state index < -0.39 is 10.0 Å². The third-order valence-corrected chi connectivity index (χ3v) is 5.19. The molecule has 21 heavy (non-hydrogen) atoms. The molecule has 4 N–H and O–H groups in total. The Morgan fingerprint density at radius 3 is 2.76 bits per heavy atom. The fourth-order valence-corrected chi connectivity index (χ4v) is 3.59. The van der Waals surface area contributed by atoms with Gasteiger partial charge in [0.05, 0.1) is 4.90 Å². The molecule has 8 heteroatoms. The van der Waals surface area contributed by atoms with Crippen LogP contribution < -0.4 is 16.0 Å². The number of sulfonamides is 1. The topological polar surface area (TPSA) is 100 Å². The zero-order valence-corrected chi connectivity index (χ0v) is 13.1. The standard InChI is InChI=1S/C13H23N5O2S/c1-11(18-7-3-2-4-8-18)10-16-21(19,20)12-5-6-15-13(9-12)17-14/h5-6,9,11,16H,2-4,7-8,10,14H2,1H3,(H,15,17). The van der Waals surface area contributed by atoms with Gasteiger partial charge in [0.1, 0.15) is 5.82 Å². The van der Waals surface area contributed by atoms with Crippen LogP contribution in [0.4, 0.5) is 5.82 Å². The van der Waals surface area contributed by atoms with Crippen LogP contribution in [0.25, 0.3) is 0 Å². The maximum Gasteiger partial charge on any atom is 0.240 e. The van der Waals surface area contributed by atoms with Gasteiger partial charge in [-0.15, -0.1) is 0 Å². The van der Waals surface area contributed by atoms with Crippen molar-refractivity contribution < 1.29 is 8.42 Å². The summed E-state index contributed by atoms with van der Waals surface area (Å²) in [4.78, 5) is 6.39. The van der Waals surface area contributed by atoms with E-state index >= 15 is 0 Å². The van der Waals surface area contributed by atoms with Crippen molar-refractivity contribution in [3.05, 3.63) is 18.3 Å². The Morgan fingerprint density at radius 2 is 2.10 bits per heavy atom. The Balaban J connectivity index is 1.96. The van der Waals surface area contributed by atoms with E-state index in [0.29, 0.717) is 12.4 Å². The summed E-state index contributed by atoms with van der Waals surface area (Å²) < 4.78 is 27.2. The minimum Gasteiger partial charge on any atom is -0.308 e. The fraction of sp³-hybridized carbons (Fsp3) is 0.615. The second-order valence-corrected chi connectivity index (χ2v) is 7.09. The monoisotopic (exact) mass is 313 g/mol. The zero-order valence-electron chi connectivity index (χ0n) is 12.2. The van der Waals surface area contributed by atoms with Crippen molar-refractivity contribution in [3.8, 4) is 0 Å². The summed E-state index contributed by atoms with van der Waals surface area (Å²) in [5.74, 6) is 5.57.